The summed E-state index contributed by atoms with van der Waals surface area (Å²) in [6.45, 7) is 0.758. The fourth-order valence-corrected chi connectivity index (χ4v) is 4.67. The van der Waals surface area contributed by atoms with Gasteiger partial charge in [-0.25, -0.2) is 0 Å². The van der Waals surface area contributed by atoms with Crippen LogP contribution in [0.2, 0.25) is 0 Å². The van der Waals surface area contributed by atoms with Crippen molar-refractivity contribution in [3.8, 4) is 22.5 Å². The van der Waals surface area contributed by atoms with Gasteiger partial charge in [0.2, 0.25) is 0 Å². The molecule has 1 aliphatic rings. The Morgan fingerprint density at radius 2 is 1.85 bits per heavy atom. The summed E-state index contributed by atoms with van der Waals surface area (Å²) in [4.78, 5) is 31.2. The highest BCUT2D eigenvalue weighted by Crippen LogP contribution is 2.37. The number of nitrogens with one attached hydrogen (secondary N) is 1. The smallest absolute Gasteiger partial charge is 0.417 e. The van der Waals surface area contributed by atoms with Crippen LogP contribution in [0.3, 0.4) is 0 Å². The molecule has 0 saturated heterocycles. The fourth-order valence-electron chi connectivity index (χ4n) is 4.67. The Kier molecular flexibility index (Phi) is 6.92. The molecule has 0 saturated carbocycles. The standard InChI is InChI=1S/C28H24F3N5O3/c1-35-11-9-23(34-35)20-13-18(7-8-21(20)28(29,30)31)27(39)33-24-14-19-15-36(16-25(37)38)12-10-22(19)32-26(24)17-5-3-2-4-6-17/h2-9,11,13-14H,10,12,15-16H2,1H3,(H,33,39)(H,37,38). The highest BCUT2D eigenvalue weighted by molar-refractivity contribution is 6.06. The van der Waals surface area contributed by atoms with Crippen molar-refractivity contribution in [2.45, 2.75) is 19.1 Å². The number of rotatable bonds is 6. The van der Waals surface area contributed by atoms with Gasteiger partial charge in [0, 0.05) is 55.1 Å². The Morgan fingerprint density at radius 1 is 1.08 bits per heavy atom. The topological polar surface area (TPSA) is 100 Å². The quantitative estimate of drug-likeness (QED) is 0.366. The number of carboxylic acid groups (broad SMARTS) is 1. The summed E-state index contributed by atoms with van der Waals surface area (Å²) in [5.41, 5.74) is 2.26. The number of aromatic nitrogens is 3. The van der Waals surface area contributed by atoms with E-state index in [1.165, 1.54) is 23.0 Å². The molecular weight excluding hydrogens is 511 g/mol. The average Bonchev–Trinajstić information content (AvgIpc) is 3.33. The van der Waals surface area contributed by atoms with Crippen LogP contribution in [0.5, 0.6) is 0 Å². The summed E-state index contributed by atoms with van der Waals surface area (Å²) < 4.78 is 42.6. The SMILES string of the molecule is Cn1ccc(-c2cc(C(=O)Nc3cc4c(nc3-c3ccccc3)CCN(CC(=O)O)C4)ccc2C(F)(F)F)n1. The van der Waals surface area contributed by atoms with Crippen LogP contribution in [0.25, 0.3) is 22.5 Å². The Bertz CT molecular complexity index is 1550. The van der Waals surface area contributed by atoms with Crippen molar-refractivity contribution in [2.24, 2.45) is 7.05 Å². The van der Waals surface area contributed by atoms with Gasteiger partial charge in [-0.05, 0) is 35.9 Å². The molecule has 1 aliphatic heterocycles. The van der Waals surface area contributed by atoms with Gasteiger partial charge in [-0.15, -0.1) is 0 Å². The number of amides is 1. The summed E-state index contributed by atoms with van der Waals surface area (Å²) in [5, 5.41) is 16.1. The van der Waals surface area contributed by atoms with E-state index >= 15 is 0 Å². The molecule has 200 valence electrons. The third kappa shape index (κ3) is 5.68. The van der Waals surface area contributed by atoms with E-state index in [0.717, 1.165) is 29.0 Å². The van der Waals surface area contributed by atoms with Gasteiger partial charge in [-0.2, -0.15) is 18.3 Å². The van der Waals surface area contributed by atoms with E-state index in [-0.39, 0.29) is 23.4 Å². The molecule has 0 unspecified atom stereocenters. The molecule has 2 N–H and O–H groups in total. The van der Waals surface area contributed by atoms with Crippen molar-refractivity contribution in [2.75, 3.05) is 18.4 Å². The van der Waals surface area contributed by atoms with Crippen LogP contribution in [-0.4, -0.2) is 49.7 Å². The molecule has 11 heteroatoms. The molecule has 4 aromatic rings. The summed E-state index contributed by atoms with van der Waals surface area (Å²) in [7, 11) is 1.60. The normalized spacial score (nSPS) is 13.6. The maximum Gasteiger partial charge on any atom is 0.417 e. The number of pyridine rings is 1. The van der Waals surface area contributed by atoms with Crippen molar-refractivity contribution in [1.29, 1.82) is 0 Å². The van der Waals surface area contributed by atoms with E-state index in [4.69, 9.17) is 4.98 Å². The van der Waals surface area contributed by atoms with Crippen LogP contribution >= 0.6 is 0 Å². The van der Waals surface area contributed by atoms with Gasteiger partial charge >= 0.3 is 12.1 Å². The Hall–Kier alpha value is -4.51. The molecular formula is C28H24F3N5O3. The number of benzene rings is 2. The van der Waals surface area contributed by atoms with Crippen LogP contribution in [-0.2, 0) is 31.0 Å². The summed E-state index contributed by atoms with van der Waals surface area (Å²) in [6, 6.07) is 15.6. The predicted octanol–water partition coefficient (Wildman–Crippen LogP) is 4.86. The Balaban J connectivity index is 1.53. The number of nitrogens with zero attached hydrogens (tertiary/aromatic N) is 4. The van der Waals surface area contributed by atoms with E-state index in [0.29, 0.717) is 30.9 Å². The maximum atomic E-state index is 13.7. The van der Waals surface area contributed by atoms with Crippen LogP contribution in [0.15, 0.2) is 66.9 Å². The van der Waals surface area contributed by atoms with Crippen LogP contribution in [0.1, 0.15) is 27.2 Å². The zero-order valence-corrected chi connectivity index (χ0v) is 20.9. The van der Waals surface area contributed by atoms with Gasteiger partial charge < -0.3 is 10.4 Å². The number of fused-ring (bicyclic) bond motifs is 1. The number of carbonyl (C=O) groups excluding carboxylic acids is 1. The van der Waals surface area contributed by atoms with E-state index in [9.17, 15) is 27.9 Å². The van der Waals surface area contributed by atoms with E-state index in [1.54, 1.807) is 18.0 Å². The molecule has 0 radical (unpaired) electrons. The van der Waals surface area contributed by atoms with Crippen LogP contribution in [0.4, 0.5) is 18.9 Å². The lowest BCUT2D eigenvalue weighted by Crippen LogP contribution is -2.35. The molecule has 0 fully saturated rings. The highest BCUT2D eigenvalue weighted by Gasteiger charge is 2.35. The first-order chi connectivity index (χ1) is 18.6. The lowest BCUT2D eigenvalue weighted by atomic mass is 9.99. The lowest BCUT2D eigenvalue weighted by molar-refractivity contribution is -0.139. The minimum Gasteiger partial charge on any atom is -0.480 e. The molecule has 1 amide bonds. The van der Waals surface area contributed by atoms with Crippen molar-refractivity contribution < 1.29 is 27.9 Å². The number of aryl methyl sites for hydroxylation is 1. The second kappa shape index (κ2) is 10.3. The first kappa shape index (κ1) is 26.1. The van der Waals surface area contributed by atoms with Gasteiger partial charge in [0.15, 0.2) is 0 Å². The van der Waals surface area contributed by atoms with Crippen LogP contribution in [0, 0.1) is 0 Å². The fraction of sp³-hybridized carbons (Fsp3) is 0.214. The average molecular weight is 536 g/mol. The molecule has 2 aromatic carbocycles. The third-order valence-corrected chi connectivity index (χ3v) is 6.48. The number of hydrogen-bond acceptors (Lipinski definition) is 5. The molecule has 39 heavy (non-hydrogen) atoms. The molecule has 2 aromatic heterocycles. The molecule has 5 rings (SSSR count). The summed E-state index contributed by atoms with van der Waals surface area (Å²) in [6.07, 6.45) is -2.56. The predicted molar refractivity (Wildman–Crippen MR) is 138 cm³/mol. The third-order valence-electron chi connectivity index (χ3n) is 6.48. The van der Waals surface area contributed by atoms with Gasteiger partial charge in [0.05, 0.1) is 29.2 Å². The second-order valence-electron chi connectivity index (χ2n) is 9.30. The van der Waals surface area contributed by atoms with Crippen LogP contribution < -0.4 is 5.32 Å². The molecule has 3 heterocycles. The first-order valence-electron chi connectivity index (χ1n) is 12.1. The first-order valence-corrected chi connectivity index (χ1v) is 12.1. The molecule has 0 aliphatic carbocycles. The number of alkyl halides is 3. The summed E-state index contributed by atoms with van der Waals surface area (Å²) in [5.74, 6) is -1.55. The minimum atomic E-state index is -4.63. The van der Waals surface area contributed by atoms with Crippen molar-refractivity contribution >= 4 is 17.6 Å². The van der Waals surface area contributed by atoms with Gasteiger partial charge in [-0.3, -0.25) is 24.2 Å². The summed E-state index contributed by atoms with van der Waals surface area (Å²) >= 11 is 0. The lowest BCUT2D eigenvalue weighted by Gasteiger charge is -2.28. The van der Waals surface area contributed by atoms with Gasteiger partial charge in [-0.1, -0.05) is 30.3 Å². The van der Waals surface area contributed by atoms with Gasteiger partial charge in [0.1, 0.15) is 0 Å². The number of hydrogen-bond donors (Lipinski definition) is 2. The van der Waals surface area contributed by atoms with Gasteiger partial charge in [0.25, 0.3) is 5.91 Å². The number of anilines is 1. The minimum absolute atomic E-state index is 0.0212. The maximum absolute atomic E-state index is 13.7. The number of carboxylic acids is 1. The van der Waals surface area contributed by atoms with Crippen molar-refractivity contribution in [3.63, 3.8) is 0 Å². The molecule has 0 spiro atoms. The largest absolute Gasteiger partial charge is 0.480 e. The highest BCUT2D eigenvalue weighted by atomic mass is 19.4. The zero-order chi connectivity index (χ0) is 27.7. The Labute approximate surface area is 221 Å². The Morgan fingerprint density at radius 3 is 2.51 bits per heavy atom. The zero-order valence-electron chi connectivity index (χ0n) is 20.9. The van der Waals surface area contributed by atoms with E-state index in [1.807, 2.05) is 30.3 Å². The number of halogens is 3. The van der Waals surface area contributed by atoms with Crippen molar-refractivity contribution in [1.82, 2.24) is 19.7 Å². The number of aliphatic carboxylic acids is 1. The molecule has 0 atom stereocenters. The van der Waals surface area contributed by atoms with E-state index < -0.39 is 23.6 Å². The molecule has 0 bridgehead atoms. The molecule has 8 nitrogen and oxygen atoms in total. The monoisotopic (exact) mass is 535 g/mol. The van der Waals surface area contributed by atoms with E-state index in [2.05, 4.69) is 10.4 Å². The second-order valence-corrected chi connectivity index (χ2v) is 9.30. The van der Waals surface area contributed by atoms with Crippen molar-refractivity contribution in [3.05, 3.63) is 89.2 Å². The number of carbonyl (C=O) groups is 2.